The number of nitrogens with zero attached hydrogens (tertiary/aromatic N) is 1. The van der Waals surface area contributed by atoms with E-state index in [0.717, 1.165) is 0 Å². The fraction of sp³-hybridized carbons (Fsp3) is 0.636. The van der Waals surface area contributed by atoms with E-state index in [1.165, 1.54) is 6.92 Å². The zero-order chi connectivity index (χ0) is 12.6. The number of rotatable bonds is 3. The highest BCUT2D eigenvalue weighted by Crippen LogP contribution is 2.34. The molecule has 2 N–H and O–H groups in total. The highest BCUT2D eigenvalue weighted by Gasteiger charge is 2.39. The molecule has 1 amide bonds. The van der Waals surface area contributed by atoms with Crippen LogP contribution in [0.15, 0.2) is 10.6 Å². The average molecular weight is 226 g/mol. The molecule has 0 aliphatic heterocycles. The van der Waals surface area contributed by atoms with Crippen molar-refractivity contribution in [1.82, 2.24) is 5.16 Å². The van der Waals surface area contributed by atoms with E-state index in [9.17, 15) is 9.90 Å². The van der Waals surface area contributed by atoms with Gasteiger partial charge in [-0.15, -0.1) is 0 Å². The van der Waals surface area contributed by atoms with Gasteiger partial charge in [-0.05, 0) is 13.8 Å². The van der Waals surface area contributed by atoms with Crippen molar-refractivity contribution in [1.29, 1.82) is 0 Å². The number of carbonyl (C=O) groups is 1. The Balaban J connectivity index is 2.98. The van der Waals surface area contributed by atoms with Gasteiger partial charge in [-0.1, -0.05) is 19.0 Å². The van der Waals surface area contributed by atoms with Gasteiger partial charge in [0, 0.05) is 18.4 Å². The van der Waals surface area contributed by atoms with Gasteiger partial charge in [-0.3, -0.25) is 10.1 Å². The Morgan fingerprint density at radius 2 is 2.00 bits per heavy atom. The van der Waals surface area contributed by atoms with Gasteiger partial charge in [-0.2, -0.15) is 0 Å². The molecule has 16 heavy (non-hydrogen) atoms. The van der Waals surface area contributed by atoms with Crippen molar-refractivity contribution in [3.05, 3.63) is 11.8 Å². The molecule has 1 heterocycles. The number of nitrogens with one attached hydrogen (secondary N) is 1. The lowest BCUT2D eigenvalue weighted by molar-refractivity contribution is -0.114. The number of carbonyl (C=O) groups excluding carboxylic acids is 1. The minimum absolute atomic E-state index is 0.219. The molecule has 0 saturated carbocycles. The molecule has 0 atom stereocenters. The smallest absolute Gasteiger partial charge is 0.231 e. The van der Waals surface area contributed by atoms with Crippen LogP contribution < -0.4 is 5.32 Å². The van der Waals surface area contributed by atoms with E-state index >= 15 is 0 Å². The molecule has 1 rings (SSSR count). The van der Waals surface area contributed by atoms with Crippen LogP contribution in [0.5, 0.6) is 0 Å². The first-order valence-corrected chi connectivity index (χ1v) is 5.12. The fourth-order valence-electron chi connectivity index (χ4n) is 1.12. The molecular weight excluding hydrogens is 208 g/mol. The number of hydrogen-bond acceptors (Lipinski definition) is 4. The second-order valence-electron chi connectivity index (χ2n) is 4.94. The molecule has 0 bridgehead atoms. The fourth-order valence-corrected chi connectivity index (χ4v) is 1.12. The van der Waals surface area contributed by atoms with E-state index in [0.29, 0.717) is 11.6 Å². The second kappa shape index (κ2) is 3.90. The van der Waals surface area contributed by atoms with Gasteiger partial charge >= 0.3 is 0 Å². The average Bonchev–Trinajstić information content (AvgIpc) is 2.49. The molecule has 90 valence electrons. The summed E-state index contributed by atoms with van der Waals surface area (Å²) in [5.41, 5.74) is -0.895. The van der Waals surface area contributed by atoms with Crippen LogP contribution >= 0.6 is 0 Å². The van der Waals surface area contributed by atoms with Crippen LogP contribution in [-0.2, 0) is 10.2 Å². The molecule has 0 unspecified atom stereocenters. The van der Waals surface area contributed by atoms with E-state index < -0.39 is 11.0 Å². The molecule has 0 radical (unpaired) electrons. The first-order chi connectivity index (χ1) is 7.14. The van der Waals surface area contributed by atoms with E-state index in [1.807, 2.05) is 13.8 Å². The maximum Gasteiger partial charge on any atom is 0.231 e. The zero-order valence-corrected chi connectivity index (χ0v) is 10.3. The van der Waals surface area contributed by atoms with Gasteiger partial charge in [0.15, 0.2) is 0 Å². The second-order valence-corrected chi connectivity index (χ2v) is 4.94. The maximum atomic E-state index is 10.8. The first kappa shape index (κ1) is 12.7. The topological polar surface area (TPSA) is 75.4 Å². The predicted octanol–water partition coefficient (Wildman–Crippen LogP) is 1.68. The Labute approximate surface area is 94.8 Å². The van der Waals surface area contributed by atoms with Gasteiger partial charge < -0.3 is 9.63 Å². The highest BCUT2D eigenvalue weighted by atomic mass is 16.5. The van der Waals surface area contributed by atoms with Gasteiger partial charge in [0.2, 0.25) is 11.8 Å². The number of hydrogen-bond donors (Lipinski definition) is 2. The lowest BCUT2D eigenvalue weighted by Crippen LogP contribution is -2.42. The summed E-state index contributed by atoms with van der Waals surface area (Å²) in [7, 11) is 0. The van der Waals surface area contributed by atoms with Crippen LogP contribution in [0.4, 0.5) is 5.88 Å². The Kier molecular flexibility index (Phi) is 3.10. The van der Waals surface area contributed by atoms with Crippen LogP contribution in [0.25, 0.3) is 0 Å². The molecule has 1 aromatic heterocycles. The predicted molar refractivity (Wildman–Crippen MR) is 60.1 cm³/mol. The zero-order valence-electron chi connectivity index (χ0n) is 10.3. The summed E-state index contributed by atoms with van der Waals surface area (Å²) in [6.07, 6.45) is 0. The summed E-state index contributed by atoms with van der Waals surface area (Å²) in [4.78, 5) is 10.8. The van der Waals surface area contributed by atoms with E-state index in [-0.39, 0.29) is 5.91 Å². The molecule has 0 saturated heterocycles. The van der Waals surface area contributed by atoms with Crippen molar-refractivity contribution < 1.29 is 14.4 Å². The standard InChI is InChI=1S/C11H18N2O3/c1-7(14)12-9-6-8(13-16-9)10(2,3)11(4,5)15/h6,15H,1-5H3,(H,12,14). The van der Waals surface area contributed by atoms with Crippen LogP contribution in [0.2, 0.25) is 0 Å². The largest absolute Gasteiger partial charge is 0.390 e. The molecule has 0 aliphatic rings. The summed E-state index contributed by atoms with van der Waals surface area (Å²) in [6.45, 7) is 8.54. The molecule has 0 fully saturated rings. The number of anilines is 1. The number of aliphatic hydroxyl groups is 1. The molecule has 0 spiro atoms. The van der Waals surface area contributed by atoms with Gasteiger partial charge in [0.05, 0.1) is 11.3 Å². The molecular formula is C11H18N2O3. The Morgan fingerprint density at radius 3 is 2.44 bits per heavy atom. The first-order valence-electron chi connectivity index (χ1n) is 5.12. The minimum atomic E-state index is -0.933. The van der Waals surface area contributed by atoms with Gasteiger partial charge in [0.25, 0.3) is 0 Å². The molecule has 0 aliphatic carbocycles. The van der Waals surface area contributed by atoms with Crippen molar-refractivity contribution in [2.75, 3.05) is 5.32 Å². The lowest BCUT2D eigenvalue weighted by Gasteiger charge is -2.35. The lowest BCUT2D eigenvalue weighted by atomic mass is 9.75. The SMILES string of the molecule is CC(=O)Nc1cc(C(C)(C)C(C)(C)O)no1. The number of aromatic nitrogens is 1. The van der Waals surface area contributed by atoms with E-state index in [4.69, 9.17) is 4.52 Å². The minimum Gasteiger partial charge on any atom is -0.390 e. The van der Waals surface area contributed by atoms with Crippen LogP contribution in [0.1, 0.15) is 40.3 Å². The Hall–Kier alpha value is -1.36. The summed E-state index contributed by atoms with van der Waals surface area (Å²) < 4.78 is 4.96. The summed E-state index contributed by atoms with van der Waals surface area (Å²) >= 11 is 0. The normalized spacial score (nSPS) is 12.6. The monoisotopic (exact) mass is 226 g/mol. The molecule has 0 aromatic carbocycles. The molecule has 5 heteroatoms. The maximum absolute atomic E-state index is 10.8. The quantitative estimate of drug-likeness (QED) is 0.822. The third-order valence-electron chi connectivity index (χ3n) is 2.98. The van der Waals surface area contributed by atoms with Crippen molar-refractivity contribution in [2.45, 2.75) is 45.6 Å². The summed E-state index contributed by atoms with van der Waals surface area (Å²) in [5, 5.41) is 16.4. The third kappa shape index (κ3) is 2.41. The van der Waals surface area contributed by atoms with E-state index in [1.54, 1.807) is 19.9 Å². The van der Waals surface area contributed by atoms with Gasteiger partial charge in [-0.25, -0.2) is 0 Å². The van der Waals surface area contributed by atoms with Crippen LogP contribution in [0, 0.1) is 0 Å². The van der Waals surface area contributed by atoms with E-state index in [2.05, 4.69) is 10.5 Å². The van der Waals surface area contributed by atoms with Crippen molar-refractivity contribution in [3.8, 4) is 0 Å². The molecule has 1 aromatic rings. The third-order valence-corrected chi connectivity index (χ3v) is 2.98. The van der Waals surface area contributed by atoms with Gasteiger partial charge in [0.1, 0.15) is 0 Å². The van der Waals surface area contributed by atoms with Crippen molar-refractivity contribution >= 4 is 11.8 Å². The number of amides is 1. The summed E-state index contributed by atoms with van der Waals surface area (Å²) in [5.74, 6) is 0.0728. The Morgan fingerprint density at radius 1 is 1.44 bits per heavy atom. The van der Waals surface area contributed by atoms with Crippen molar-refractivity contribution in [2.24, 2.45) is 0 Å². The highest BCUT2D eigenvalue weighted by molar-refractivity contribution is 5.87. The van der Waals surface area contributed by atoms with Crippen LogP contribution in [-0.4, -0.2) is 21.8 Å². The Bertz CT molecular complexity index is 388. The molecule has 5 nitrogen and oxygen atoms in total. The van der Waals surface area contributed by atoms with Crippen molar-refractivity contribution in [3.63, 3.8) is 0 Å². The van der Waals surface area contributed by atoms with Crippen LogP contribution in [0.3, 0.4) is 0 Å². The summed E-state index contributed by atoms with van der Waals surface area (Å²) in [6, 6.07) is 1.62.